The first-order chi connectivity index (χ1) is 14.4. The maximum Gasteiger partial charge on any atom is 0.387 e. The lowest BCUT2D eigenvalue weighted by atomic mass is 10.2. The fourth-order valence-electron chi connectivity index (χ4n) is 2.35. The summed E-state index contributed by atoms with van der Waals surface area (Å²) in [6.45, 7) is -1.44. The van der Waals surface area contributed by atoms with Crippen molar-refractivity contribution in [3.63, 3.8) is 0 Å². The van der Waals surface area contributed by atoms with Crippen LogP contribution in [0.5, 0.6) is 23.0 Å². The van der Waals surface area contributed by atoms with E-state index in [-0.39, 0.29) is 11.5 Å². The van der Waals surface area contributed by atoms with Crippen LogP contribution in [0.25, 0.3) is 0 Å². The van der Waals surface area contributed by atoms with Gasteiger partial charge in [0.25, 0.3) is 5.91 Å². The monoisotopic (exact) mass is 424 g/mol. The lowest BCUT2D eigenvalue weighted by Crippen LogP contribution is -2.26. The Hall–Kier alpha value is -3.56. The number of carbonyl (C=O) groups excluding carboxylic acids is 1. The van der Waals surface area contributed by atoms with Crippen molar-refractivity contribution < 1.29 is 37.4 Å². The number of nitrogens with zero attached hydrogens (tertiary/aromatic N) is 1. The van der Waals surface area contributed by atoms with Gasteiger partial charge in [-0.1, -0.05) is 5.16 Å². The predicted octanol–water partition coefficient (Wildman–Crippen LogP) is 3.69. The number of amides is 1. The van der Waals surface area contributed by atoms with Crippen molar-refractivity contribution >= 4 is 17.8 Å². The number of oxime groups is 1. The molecule has 10 heteroatoms. The molecule has 0 fully saturated rings. The molecule has 1 amide bonds. The van der Waals surface area contributed by atoms with Crippen LogP contribution in [-0.4, -0.2) is 46.2 Å². The van der Waals surface area contributed by atoms with Crippen LogP contribution in [0.15, 0.2) is 41.6 Å². The largest absolute Gasteiger partial charge is 0.493 e. The molecule has 0 radical (unpaired) electrons. The van der Waals surface area contributed by atoms with E-state index in [4.69, 9.17) is 19.0 Å². The third-order valence-electron chi connectivity index (χ3n) is 3.84. The summed E-state index contributed by atoms with van der Waals surface area (Å²) < 4.78 is 44.4. The standard InChI is InChI=1S/C20H22F2N2O6/c1-12(19(25)24-14-6-8-15(26-2)18(10-14)28-4)30-23-11-13-5-7-16(29-20(21)22)17(9-13)27-3/h5-12,20H,1-4H3,(H,24,25)/b23-11+. The first kappa shape index (κ1) is 22.7. The first-order valence-electron chi connectivity index (χ1n) is 8.72. The van der Waals surface area contributed by atoms with Gasteiger partial charge < -0.3 is 29.1 Å². The number of anilines is 1. The van der Waals surface area contributed by atoms with E-state index >= 15 is 0 Å². The molecule has 2 rings (SSSR count). The second-order valence-electron chi connectivity index (χ2n) is 5.83. The molecule has 1 atom stereocenters. The number of methoxy groups -OCH3 is 3. The summed E-state index contributed by atoms with van der Waals surface area (Å²) in [5.74, 6) is 0.573. The summed E-state index contributed by atoms with van der Waals surface area (Å²) in [7, 11) is 4.33. The molecule has 0 spiro atoms. The van der Waals surface area contributed by atoms with Gasteiger partial charge in [-0.05, 0) is 37.3 Å². The molecule has 162 valence electrons. The highest BCUT2D eigenvalue weighted by atomic mass is 19.3. The number of ether oxygens (including phenoxy) is 4. The van der Waals surface area contributed by atoms with Crippen LogP contribution in [0, 0.1) is 0 Å². The minimum Gasteiger partial charge on any atom is -0.493 e. The van der Waals surface area contributed by atoms with Crippen LogP contribution >= 0.6 is 0 Å². The van der Waals surface area contributed by atoms with Crippen LogP contribution in [0.4, 0.5) is 14.5 Å². The van der Waals surface area contributed by atoms with Gasteiger partial charge in [-0.25, -0.2) is 0 Å². The Morgan fingerprint density at radius 3 is 2.23 bits per heavy atom. The summed E-state index contributed by atoms with van der Waals surface area (Å²) in [6.07, 6.45) is 0.409. The van der Waals surface area contributed by atoms with Crippen molar-refractivity contribution in [1.29, 1.82) is 0 Å². The van der Waals surface area contributed by atoms with E-state index in [1.54, 1.807) is 18.2 Å². The lowest BCUT2D eigenvalue weighted by molar-refractivity contribution is -0.126. The second kappa shape index (κ2) is 10.8. The molecule has 0 aromatic heterocycles. The van der Waals surface area contributed by atoms with Gasteiger partial charge in [0.2, 0.25) is 6.10 Å². The number of hydrogen-bond acceptors (Lipinski definition) is 7. The molecule has 0 aliphatic carbocycles. The Bertz CT molecular complexity index is 892. The van der Waals surface area contributed by atoms with E-state index in [1.807, 2.05) is 0 Å². The zero-order chi connectivity index (χ0) is 22.1. The number of carbonyl (C=O) groups is 1. The van der Waals surface area contributed by atoms with E-state index in [0.29, 0.717) is 22.7 Å². The van der Waals surface area contributed by atoms with Gasteiger partial charge in [0.15, 0.2) is 23.0 Å². The average Bonchev–Trinajstić information content (AvgIpc) is 2.73. The third-order valence-corrected chi connectivity index (χ3v) is 3.84. The highest BCUT2D eigenvalue weighted by Crippen LogP contribution is 2.30. The minimum atomic E-state index is -2.97. The van der Waals surface area contributed by atoms with Crippen LogP contribution < -0.4 is 24.3 Å². The Kier molecular flexibility index (Phi) is 8.21. The zero-order valence-corrected chi connectivity index (χ0v) is 16.8. The highest BCUT2D eigenvalue weighted by molar-refractivity contribution is 5.94. The third kappa shape index (κ3) is 6.23. The maximum absolute atomic E-state index is 12.4. The van der Waals surface area contributed by atoms with Crippen LogP contribution in [0.1, 0.15) is 12.5 Å². The first-order valence-corrected chi connectivity index (χ1v) is 8.72. The van der Waals surface area contributed by atoms with Crippen molar-refractivity contribution in [3.8, 4) is 23.0 Å². The van der Waals surface area contributed by atoms with Gasteiger partial charge in [-0.15, -0.1) is 0 Å². The summed E-state index contributed by atoms with van der Waals surface area (Å²) >= 11 is 0. The topological polar surface area (TPSA) is 87.6 Å². The maximum atomic E-state index is 12.4. The fourth-order valence-corrected chi connectivity index (χ4v) is 2.35. The fraction of sp³-hybridized carbons (Fsp3) is 0.300. The molecular weight excluding hydrogens is 402 g/mol. The average molecular weight is 424 g/mol. The summed E-state index contributed by atoms with van der Waals surface area (Å²) in [5.41, 5.74) is 0.998. The number of nitrogens with one attached hydrogen (secondary N) is 1. The van der Waals surface area contributed by atoms with Gasteiger partial charge in [0, 0.05) is 17.3 Å². The molecule has 2 aromatic rings. The molecule has 0 saturated carbocycles. The van der Waals surface area contributed by atoms with Gasteiger partial charge in [0.1, 0.15) is 0 Å². The lowest BCUT2D eigenvalue weighted by Gasteiger charge is -2.13. The Balaban J connectivity index is 1.97. The van der Waals surface area contributed by atoms with Crippen molar-refractivity contribution in [1.82, 2.24) is 0 Å². The minimum absolute atomic E-state index is 0.103. The van der Waals surface area contributed by atoms with E-state index < -0.39 is 18.6 Å². The molecule has 0 aliphatic heterocycles. The SMILES string of the molecule is COc1ccc(NC(=O)C(C)O/N=C/c2ccc(OC(F)F)c(OC)c2)cc1OC. The van der Waals surface area contributed by atoms with Crippen LogP contribution in [0.2, 0.25) is 0 Å². The molecule has 0 bridgehead atoms. The molecule has 30 heavy (non-hydrogen) atoms. The Morgan fingerprint density at radius 2 is 1.60 bits per heavy atom. The highest BCUT2D eigenvalue weighted by Gasteiger charge is 2.16. The Labute approximate surface area is 172 Å². The van der Waals surface area contributed by atoms with E-state index in [2.05, 4.69) is 15.2 Å². The van der Waals surface area contributed by atoms with E-state index in [1.165, 1.54) is 52.7 Å². The van der Waals surface area contributed by atoms with Crippen molar-refractivity contribution in [2.75, 3.05) is 26.6 Å². The molecular formula is C20H22F2N2O6. The van der Waals surface area contributed by atoms with Crippen molar-refractivity contribution in [2.24, 2.45) is 5.16 Å². The second-order valence-corrected chi connectivity index (χ2v) is 5.83. The normalized spacial score (nSPS) is 11.8. The molecule has 8 nitrogen and oxygen atoms in total. The number of benzene rings is 2. The number of hydrogen-bond donors (Lipinski definition) is 1. The Morgan fingerprint density at radius 1 is 0.967 bits per heavy atom. The quantitative estimate of drug-likeness (QED) is 0.462. The molecule has 0 saturated heterocycles. The molecule has 0 aliphatic rings. The number of rotatable bonds is 10. The molecule has 2 aromatic carbocycles. The molecule has 1 unspecified atom stereocenters. The number of halogens is 2. The van der Waals surface area contributed by atoms with E-state index in [9.17, 15) is 13.6 Å². The molecule has 0 heterocycles. The van der Waals surface area contributed by atoms with Gasteiger partial charge in [0.05, 0.1) is 27.5 Å². The van der Waals surface area contributed by atoms with Crippen molar-refractivity contribution in [2.45, 2.75) is 19.6 Å². The van der Waals surface area contributed by atoms with Crippen LogP contribution in [-0.2, 0) is 9.63 Å². The summed E-state index contributed by atoms with van der Waals surface area (Å²) in [4.78, 5) is 17.4. The van der Waals surface area contributed by atoms with Crippen molar-refractivity contribution in [3.05, 3.63) is 42.0 Å². The van der Waals surface area contributed by atoms with Gasteiger partial charge >= 0.3 is 6.61 Å². The molecule has 1 N–H and O–H groups in total. The van der Waals surface area contributed by atoms with Gasteiger partial charge in [-0.2, -0.15) is 8.78 Å². The summed E-state index contributed by atoms with van der Waals surface area (Å²) in [6, 6.07) is 9.18. The predicted molar refractivity (Wildman–Crippen MR) is 106 cm³/mol. The smallest absolute Gasteiger partial charge is 0.387 e. The van der Waals surface area contributed by atoms with Crippen LogP contribution in [0.3, 0.4) is 0 Å². The van der Waals surface area contributed by atoms with Gasteiger partial charge in [-0.3, -0.25) is 4.79 Å². The zero-order valence-electron chi connectivity index (χ0n) is 16.8. The van der Waals surface area contributed by atoms with E-state index in [0.717, 1.165) is 0 Å². The number of alkyl halides is 2. The summed E-state index contributed by atoms with van der Waals surface area (Å²) in [5, 5.41) is 6.44.